The second-order valence-corrected chi connectivity index (χ2v) is 7.69. The van der Waals surface area contributed by atoms with E-state index in [0.717, 1.165) is 19.3 Å². The third kappa shape index (κ3) is 4.21. The van der Waals surface area contributed by atoms with Crippen molar-refractivity contribution in [1.82, 2.24) is 10.2 Å². The van der Waals surface area contributed by atoms with E-state index in [1.165, 1.54) is 0 Å². The van der Waals surface area contributed by atoms with Crippen LogP contribution >= 0.6 is 0 Å². The highest BCUT2D eigenvalue weighted by atomic mass is 16.2. The maximum absolute atomic E-state index is 12.8. The van der Waals surface area contributed by atoms with Gasteiger partial charge in [-0.1, -0.05) is 40.5 Å². The van der Waals surface area contributed by atoms with Crippen molar-refractivity contribution in [1.29, 1.82) is 0 Å². The Bertz CT molecular complexity index is 388. The van der Waals surface area contributed by atoms with Gasteiger partial charge in [0.1, 0.15) is 11.6 Å². The molecule has 0 aromatic rings. The maximum Gasteiger partial charge on any atom is 0.248 e. The molecule has 1 saturated heterocycles. The lowest BCUT2D eigenvalue weighted by Crippen LogP contribution is -2.70. The molecule has 0 bridgehead atoms. The second kappa shape index (κ2) is 6.80. The molecule has 2 atom stereocenters. The summed E-state index contributed by atoms with van der Waals surface area (Å²) < 4.78 is 0. The monoisotopic (exact) mass is 296 g/mol. The van der Waals surface area contributed by atoms with Gasteiger partial charge in [-0.05, 0) is 39.0 Å². The van der Waals surface area contributed by atoms with Gasteiger partial charge in [0.2, 0.25) is 11.8 Å². The average molecular weight is 296 g/mol. The van der Waals surface area contributed by atoms with Crippen molar-refractivity contribution in [2.24, 2.45) is 11.8 Å². The number of hydrogen-bond donors (Lipinski definition) is 1. The normalized spacial score (nSPS) is 23.7. The summed E-state index contributed by atoms with van der Waals surface area (Å²) in [6.45, 7) is 14.1. The molecular formula is C17H32N2O2. The number of nitrogens with zero attached hydrogens (tertiary/aromatic N) is 1. The number of carbonyl (C=O) groups is 2. The molecule has 4 nitrogen and oxygen atoms in total. The van der Waals surface area contributed by atoms with E-state index >= 15 is 0 Å². The lowest BCUT2D eigenvalue weighted by atomic mass is 9.89. The van der Waals surface area contributed by atoms with E-state index in [1.54, 1.807) is 13.8 Å². The SMILES string of the molecule is CC(C)CCCC(C)N1C(=O)C(C)(C)NC(=O)C1C(C)C. The molecule has 1 heterocycles. The van der Waals surface area contributed by atoms with Crippen molar-refractivity contribution in [2.45, 2.75) is 85.4 Å². The summed E-state index contributed by atoms with van der Waals surface area (Å²) in [4.78, 5) is 27.0. The highest BCUT2D eigenvalue weighted by Crippen LogP contribution is 2.27. The molecule has 1 aliphatic rings. The van der Waals surface area contributed by atoms with Crippen LogP contribution in [0, 0.1) is 11.8 Å². The predicted molar refractivity (Wildman–Crippen MR) is 85.8 cm³/mol. The Kier molecular flexibility index (Phi) is 5.83. The fraction of sp³-hybridized carbons (Fsp3) is 0.882. The van der Waals surface area contributed by atoms with Crippen LogP contribution in [-0.2, 0) is 9.59 Å². The maximum atomic E-state index is 12.8. The number of hydrogen-bond acceptors (Lipinski definition) is 2. The molecule has 21 heavy (non-hydrogen) atoms. The number of carbonyl (C=O) groups excluding carboxylic acids is 2. The standard InChI is InChI=1S/C17H32N2O2/c1-11(2)9-8-10-13(5)19-14(12(3)4)15(20)18-17(6,7)16(19)21/h11-14H,8-10H2,1-7H3,(H,18,20). The predicted octanol–water partition coefficient (Wildman–Crippen LogP) is 2.96. The van der Waals surface area contributed by atoms with E-state index in [4.69, 9.17) is 0 Å². The summed E-state index contributed by atoms with van der Waals surface area (Å²) >= 11 is 0. The minimum absolute atomic E-state index is 0.0229. The Hall–Kier alpha value is -1.06. The van der Waals surface area contributed by atoms with Crippen LogP contribution in [0.3, 0.4) is 0 Å². The lowest BCUT2D eigenvalue weighted by molar-refractivity contribution is -0.158. The van der Waals surface area contributed by atoms with Gasteiger partial charge in [0.15, 0.2) is 0 Å². The number of piperazine rings is 1. The third-order valence-electron chi connectivity index (χ3n) is 4.28. The van der Waals surface area contributed by atoms with E-state index in [2.05, 4.69) is 26.1 Å². The molecule has 1 fully saturated rings. The van der Waals surface area contributed by atoms with Crippen LogP contribution < -0.4 is 5.32 Å². The van der Waals surface area contributed by atoms with Gasteiger partial charge < -0.3 is 10.2 Å². The molecule has 0 radical (unpaired) electrons. The third-order valence-corrected chi connectivity index (χ3v) is 4.28. The summed E-state index contributed by atoms with van der Waals surface area (Å²) in [5.41, 5.74) is -0.797. The Labute approximate surface area is 129 Å². The number of nitrogens with one attached hydrogen (secondary N) is 1. The molecular weight excluding hydrogens is 264 g/mol. The minimum atomic E-state index is -0.797. The second-order valence-electron chi connectivity index (χ2n) is 7.69. The van der Waals surface area contributed by atoms with Gasteiger partial charge in [-0.15, -0.1) is 0 Å². The van der Waals surface area contributed by atoms with Crippen molar-refractivity contribution in [2.75, 3.05) is 0 Å². The first-order chi connectivity index (χ1) is 9.58. The molecule has 0 spiro atoms. The van der Waals surface area contributed by atoms with Crippen molar-refractivity contribution < 1.29 is 9.59 Å². The van der Waals surface area contributed by atoms with Crippen LogP contribution in [0.25, 0.3) is 0 Å². The smallest absolute Gasteiger partial charge is 0.248 e. The molecule has 1 aliphatic heterocycles. The summed E-state index contributed by atoms with van der Waals surface area (Å²) in [6, 6.07) is -0.242. The van der Waals surface area contributed by atoms with Crippen LogP contribution in [0.4, 0.5) is 0 Å². The van der Waals surface area contributed by atoms with Gasteiger partial charge >= 0.3 is 0 Å². The molecule has 0 aromatic heterocycles. The van der Waals surface area contributed by atoms with Gasteiger partial charge in [0, 0.05) is 6.04 Å². The van der Waals surface area contributed by atoms with Gasteiger partial charge in [-0.3, -0.25) is 9.59 Å². The average Bonchev–Trinajstić information content (AvgIpc) is 2.31. The van der Waals surface area contributed by atoms with Gasteiger partial charge in [-0.25, -0.2) is 0 Å². The summed E-state index contributed by atoms with van der Waals surface area (Å²) in [7, 11) is 0. The van der Waals surface area contributed by atoms with E-state index in [-0.39, 0.29) is 29.8 Å². The Morgan fingerprint density at radius 2 is 1.67 bits per heavy atom. The highest BCUT2D eigenvalue weighted by molar-refractivity contribution is 5.99. The topological polar surface area (TPSA) is 49.4 Å². The summed E-state index contributed by atoms with van der Waals surface area (Å²) in [5, 5.41) is 2.87. The zero-order chi connectivity index (χ0) is 16.4. The quantitative estimate of drug-likeness (QED) is 0.819. The van der Waals surface area contributed by atoms with Crippen molar-refractivity contribution in [3.8, 4) is 0 Å². The molecule has 1 rings (SSSR count). The fourth-order valence-electron chi connectivity index (χ4n) is 3.07. The van der Waals surface area contributed by atoms with Gasteiger partial charge in [-0.2, -0.15) is 0 Å². The van der Waals surface area contributed by atoms with E-state index in [0.29, 0.717) is 5.92 Å². The number of rotatable bonds is 6. The first-order valence-corrected chi connectivity index (χ1v) is 8.22. The molecule has 122 valence electrons. The molecule has 0 aliphatic carbocycles. The van der Waals surface area contributed by atoms with Crippen LogP contribution in [0.2, 0.25) is 0 Å². The van der Waals surface area contributed by atoms with Crippen LogP contribution in [-0.4, -0.2) is 34.3 Å². The molecule has 4 heteroatoms. The first kappa shape index (κ1) is 18.0. The van der Waals surface area contributed by atoms with E-state index < -0.39 is 5.54 Å². The molecule has 1 N–H and O–H groups in total. The zero-order valence-corrected chi connectivity index (χ0v) is 14.7. The molecule has 0 saturated carbocycles. The minimum Gasteiger partial charge on any atom is -0.340 e. The Balaban J connectivity index is 2.90. The van der Waals surface area contributed by atoms with Crippen molar-refractivity contribution >= 4 is 11.8 Å². The van der Waals surface area contributed by atoms with Crippen LogP contribution in [0.15, 0.2) is 0 Å². The van der Waals surface area contributed by atoms with Crippen molar-refractivity contribution in [3.63, 3.8) is 0 Å². The first-order valence-electron chi connectivity index (χ1n) is 8.22. The largest absolute Gasteiger partial charge is 0.340 e. The van der Waals surface area contributed by atoms with E-state index in [9.17, 15) is 9.59 Å². The van der Waals surface area contributed by atoms with E-state index in [1.807, 2.05) is 18.7 Å². The molecule has 2 amide bonds. The molecule has 0 aromatic carbocycles. The molecule has 2 unspecified atom stereocenters. The Morgan fingerprint density at radius 3 is 2.14 bits per heavy atom. The fourth-order valence-corrected chi connectivity index (χ4v) is 3.07. The van der Waals surface area contributed by atoms with Gasteiger partial charge in [0.05, 0.1) is 0 Å². The number of amides is 2. The zero-order valence-electron chi connectivity index (χ0n) is 14.7. The summed E-state index contributed by atoms with van der Waals surface area (Å²) in [5.74, 6) is 0.815. The Morgan fingerprint density at radius 1 is 1.10 bits per heavy atom. The summed E-state index contributed by atoms with van der Waals surface area (Å²) in [6.07, 6.45) is 3.21. The van der Waals surface area contributed by atoms with Gasteiger partial charge in [0.25, 0.3) is 0 Å². The lowest BCUT2D eigenvalue weighted by Gasteiger charge is -2.47. The van der Waals surface area contributed by atoms with Crippen LogP contribution in [0.5, 0.6) is 0 Å². The highest BCUT2D eigenvalue weighted by Gasteiger charge is 2.47. The van der Waals surface area contributed by atoms with Crippen LogP contribution in [0.1, 0.15) is 67.7 Å². The van der Waals surface area contributed by atoms with Crippen molar-refractivity contribution in [3.05, 3.63) is 0 Å².